The van der Waals surface area contributed by atoms with Crippen LogP contribution < -0.4 is 5.32 Å². The Balaban J connectivity index is 1.54. The minimum absolute atomic E-state index is 0.0590. The average molecular weight is 376 g/mol. The standard InChI is InChI=1S/C18H24N4O3S/c1-2-25-17(23)12-22-9-3-4-14(22)15-5-6-16(26-15)18(24)20-8-11-21-10-7-19-13-21/h5-7,10,13-14H,2-4,8-9,11-12H2,1H3,(H,20,24)/t14-/m1/s1. The van der Waals surface area contributed by atoms with Crippen molar-refractivity contribution < 1.29 is 14.3 Å². The van der Waals surface area contributed by atoms with Crippen molar-refractivity contribution in [2.75, 3.05) is 26.2 Å². The number of nitrogens with zero attached hydrogens (tertiary/aromatic N) is 3. The smallest absolute Gasteiger partial charge is 0.320 e. The van der Waals surface area contributed by atoms with E-state index in [9.17, 15) is 9.59 Å². The fourth-order valence-corrected chi connectivity index (χ4v) is 4.26. The first-order valence-corrected chi connectivity index (χ1v) is 9.72. The van der Waals surface area contributed by atoms with E-state index in [-0.39, 0.29) is 17.9 Å². The number of aromatic nitrogens is 2. The zero-order chi connectivity index (χ0) is 18.4. The Labute approximate surface area is 157 Å². The molecule has 0 spiro atoms. The fourth-order valence-electron chi connectivity index (χ4n) is 3.17. The molecule has 1 saturated heterocycles. The van der Waals surface area contributed by atoms with Crippen molar-refractivity contribution in [1.82, 2.24) is 19.8 Å². The zero-order valence-corrected chi connectivity index (χ0v) is 15.7. The molecule has 2 aromatic heterocycles. The van der Waals surface area contributed by atoms with Gasteiger partial charge in [-0.05, 0) is 38.4 Å². The molecule has 0 aromatic carbocycles. The molecule has 1 N–H and O–H groups in total. The highest BCUT2D eigenvalue weighted by atomic mass is 32.1. The molecule has 7 nitrogen and oxygen atoms in total. The second-order valence-corrected chi connectivity index (χ2v) is 7.31. The van der Waals surface area contributed by atoms with E-state index in [0.717, 1.165) is 24.3 Å². The third kappa shape index (κ3) is 4.70. The number of nitrogens with one attached hydrogen (secondary N) is 1. The van der Waals surface area contributed by atoms with Gasteiger partial charge in [-0.3, -0.25) is 14.5 Å². The number of hydrogen-bond donors (Lipinski definition) is 1. The van der Waals surface area contributed by atoms with Crippen molar-refractivity contribution in [3.8, 4) is 0 Å². The number of ether oxygens (including phenoxy) is 1. The van der Waals surface area contributed by atoms with Crippen LogP contribution in [-0.4, -0.2) is 52.6 Å². The van der Waals surface area contributed by atoms with Crippen LogP contribution in [0.4, 0.5) is 0 Å². The third-order valence-electron chi connectivity index (χ3n) is 4.39. The van der Waals surface area contributed by atoms with E-state index in [4.69, 9.17) is 4.74 Å². The molecule has 3 heterocycles. The Morgan fingerprint density at radius 1 is 1.42 bits per heavy atom. The number of likely N-dealkylation sites (tertiary alicyclic amines) is 1. The van der Waals surface area contributed by atoms with E-state index < -0.39 is 0 Å². The minimum atomic E-state index is -0.187. The zero-order valence-electron chi connectivity index (χ0n) is 14.9. The summed E-state index contributed by atoms with van der Waals surface area (Å²) in [5, 5.41) is 2.94. The van der Waals surface area contributed by atoms with Gasteiger partial charge >= 0.3 is 5.97 Å². The third-order valence-corrected chi connectivity index (χ3v) is 5.58. The quantitative estimate of drug-likeness (QED) is 0.714. The molecule has 0 saturated carbocycles. The normalized spacial score (nSPS) is 17.3. The Hall–Kier alpha value is -2.19. The van der Waals surface area contributed by atoms with Crippen LogP contribution in [0.15, 0.2) is 30.9 Å². The van der Waals surface area contributed by atoms with Crippen LogP contribution in [0.2, 0.25) is 0 Å². The molecule has 1 atom stereocenters. The summed E-state index contributed by atoms with van der Waals surface area (Å²) >= 11 is 1.51. The predicted octanol–water partition coefficient (Wildman–Crippen LogP) is 2.07. The maximum Gasteiger partial charge on any atom is 0.320 e. The lowest BCUT2D eigenvalue weighted by Crippen LogP contribution is -2.30. The van der Waals surface area contributed by atoms with Crippen LogP contribution in [0.5, 0.6) is 0 Å². The molecular formula is C18H24N4O3S. The number of hydrogen-bond acceptors (Lipinski definition) is 6. The highest BCUT2D eigenvalue weighted by Crippen LogP contribution is 2.35. The molecule has 2 aromatic rings. The van der Waals surface area contributed by atoms with Gasteiger partial charge in [-0.15, -0.1) is 11.3 Å². The van der Waals surface area contributed by atoms with Gasteiger partial charge in [0.15, 0.2) is 0 Å². The van der Waals surface area contributed by atoms with Crippen LogP contribution in [0.1, 0.15) is 40.4 Å². The van der Waals surface area contributed by atoms with Crippen molar-refractivity contribution in [3.63, 3.8) is 0 Å². The van der Waals surface area contributed by atoms with E-state index in [1.54, 1.807) is 12.5 Å². The Morgan fingerprint density at radius 2 is 2.31 bits per heavy atom. The molecular weight excluding hydrogens is 352 g/mol. The predicted molar refractivity (Wildman–Crippen MR) is 99.1 cm³/mol. The van der Waals surface area contributed by atoms with Crippen LogP contribution in [0, 0.1) is 0 Å². The lowest BCUT2D eigenvalue weighted by atomic mass is 10.2. The topological polar surface area (TPSA) is 76.5 Å². The van der Waals surface area contributed by atoms with E-state index in [0.29, 0.717) is 31.1 Å². The molecule has 0 unspecified atom stereocenters. The summed E-state index contributed by atoms with van der Waals surface area (Å²) in [5.74, 6) is -0.246. The summed E-state index contributed by atoms with van der Waals surface area (Å²) < 4.78 is 6.98. The van der Waals surface area contributed by atoms with Gasteiger partial charge in [0, 0.05) is 36.4 Å². The van der Waals surface area contributed by atoms with Crippen LogP contribution in [-0.2, 0) is 16.1 Å². The van der Waals surface area contributed by atoms with Crippen LogP contribution in [0.25, 0.3) is 0 Å². The van der Waals surface area contributed by atoms with Crippen molar-refractivity contribution in [2.24, 2.45) is 0 Å². The number of esters is 1. The summed E-state index contributed by atoms with van der Waals surface area (Å²) in [6.07, 6.45) is 7.37. The molecule has 1 aliphatic heterocycles. The molecule has 1 fully saturated rings. The van der Waals surface area contributed by atoms with Gasteiger partial charge in [-0.25, -0.2) is 4.98 Å². The molecule has 1 aliphatic rings. The average Bonchev–Trinajstić information content (AvgIpc) is 3.36. The summed E-state index contributed by atoms with van der Waals surface area (Å²) in [6, 6.07) is 4.06. The number of thiophene rings is 1. The molecule has 3 rings (SSSR count). The van der Waals surface area contributed by atoms with Crippen molar-refractivity contribution in [2.45, 2.75) is 32.4 Å². The maximum atomic E-state index is 12.3. The van der Waals surface area contributed by atoms with Gasteiger partial charge in [0.25, 0.3) is 5.91 Å². The van der Waals surface area contributed by atoms with Gasteiger partial charge in [0.2, 0.25) is 0 Å². The second-order valence-electron chi connectivity index (χ2n) is 6.19. The van der Waals surface area contributed by atoms with Crippen molar-refractivity contribution in [1.29, 1.82) is 0 Å². The fraction of sp³-hybridized carbons (Fsp3) is 0.500. The van der Waals surface area contributed by atoms with Gasteiger partial charge in [0.05, 0.1) is 24.4 Å². The van der Waals surface area contributed by atoms with E-state index >= 15 is 0 Å². The molecule has 8 heteroatoms. The Morgan fingerprint density at radius 3 is 3.08 bits per heavy atom. The van der Waals surface area contributed by atoms with Crippen molar-refractivity contribution >= 4 is 23.2 Å². The first-order chi connectivity index (χ1) is 12.7. The molecule has 0 radical (unpaired) electrons. The Kier molecular flexibility index (Phi) is 6.40. The number of carbonyl (C=O) groups is 2. The number of carbonyl (C=O) groups excluding carboxylic acids is 2. The lowest BCUT2D eigenvalue weighted by molar-refractivity contribution is -0.144. The second kappa shape index (κ2) is 8.95. The van der Waals surface area contributed by atoms with Crippen molar-refractivity contribution in [3.05, 3.63) is 40.6 Å². The lowest BCUT2D eigenvalue weighted by Gasteiger charge is -2.22. The molecule has 1 amide bonds. The van der Waals surface area contributed by atoms with Gasteiger partial charge in [-0.1, -0.05) is 0 Å². The van der Waals surface area contributed by atoms with E-state index in [2.05, 4.69) is 15.2 Å². The van der Waals surface area contributed by atoms with E-state index in [1.807, 2.05) is 29.8 Å². The van der Waals surface area contributed by atoms with Gasteiger partial charge < -0.3 is 14.6 Å². The van der Waals surface area contributed by atoms with Crippen LogP contribution >= 0.6 is 11.3 Å². The highest BCUT2D eigenvalue weighted by Gasteiger charge is 2.29. The summed E-state index contributed by atoms with van der Waals surface area (Å²) in [5.41, 5.74) is 0. The summed E-state index contributed by atoms with van der Waals surface area (Å²) in [4.78, 5) is 32.1. The van der Waals surface area contributed by atoms with Gasteiger partial charge in [0.1, 0.15) is 0 Å². The SMILES string of the molecule is CCOC(=O)CN1CCC[C@@H]1c1ccc(C(=O)NCCn2ccnc2)s1. The highest BCUT2D eigenvalue weighted by molar-refractivity contribution is 7.14. The van der Waals surface area contributed by atoms with Crippen LogP contribution in [0.3, 0.4) is 0 Å². The van der Waals surface area contributed by atoms with Gasteiger partial charge in [-0.2, -0.15) is 0 Å². The molecule has 0 aliphatic carbocycles. The number of rotatable bonds is 8. The minimum Gasteiger partial charge on any atom is -0.465 e. The monoisotopic (exact) mass is 376 g/mol. The van der Waals surface area contributed by atoms with E-state index in [1.165, 1.54) is 11.3 Å². The first-order valence-electron chi connectivity index (χ1n) is 8.90. The Bertz CT molecular complexity index is 729. The first kappa shape index (κ1) is 18.6. The maximum absolute atomic E-state index is 12.3. The molecule has 26 heavy (non-hydrogen) atoms. The summed E-state index contributed by atoms with van der Waals surface area (Å²) in [7, 11) is 0. The molecule has 140 valence electrons. The number of amides is 1. The largest absolute Gasteiger partial charge is 0.465 e. The molecule has 0 bridgehead atoms. The number of imidazole rings is 1. The summed E-state index contributed by atoms with van der Waals surface area (Å²) in [6.45, 7) is 4.66.